The summed E-state index contributed by atoms with van der Waals surface area (Å²) in [4.78, 5) is 23.3. The lowest BCUT2D eigenvalue weighted by Crippen LogP contribution is -2.39. The Kier molecular flexibility index (Phi) is 8.09. The Bertz CT molecular complexity index is 1140. The molecule has 1 fully saturated rings. The van der Waals surface area contributed by atoms with Gasteiger partial charge in [-0.3, -0.25) is 4.79 Å². The predicted octanol–water partition coefficient (Wildman–Crippen LogP) is 2.64. The Labute approximate surface area is 204 Å². The number of rotatable bonds is 9. The van der Waals surface area contributed by atoms with Crippen molar-refractivity contribution in [2.24, 2.45) is 5.73 Å². The Morgan fingerprint density at radius 1 is 1.11 bits per heavy atom. The molecule has 0 saturated carbocycles. The third-order valence-corrected chi connectivity index (χ3v) is 5.57. The summed E-state index contributed by atoms with van der Waals surface area (Å²) < 4.78 is 16.0. The number of nitrogens with two attached hydrogens (primary N) is 1. The van der Waals surface area contributed by atoms with E-state index < -0.39 is 6.04 Å². The molecule has 1 aliphatic rings. The van der Waals surface area contributed by atoms with Crippen molar-refractivity contribution < 1.29 is 19.0 Å². The van der Waals surface area contributed by atoms with E-state index in [1.165, 1.54) is 7.11 Å². The number of morpholine rings is 1. The number of benzene rings is 2. The van der Waals surface area contributed by atoms with E-state index in [-0.39, 0.29) is 12.5 Å². The molecule has 0 spiro atoms. The summed E-state index contributed by atoms with van der Waals surface area (Å²) in [6.07, 6.45) is 1.70. The van der Waals surface area contributed by atoms with E-state index in [0.717, 1.165) is 41.5 Å². The summed E-state index contributed by atoms with van der Waals surface area (Å²) in [6.45, 7) is 3.23. The number of nitrogens with zero attached hydrogens (tertiary/aromatic N) is 3. The molecular weight excluding hydrogens is 448 g/mol. The number of methoxy groups -OCH3 is 2. The highest BCUT2D eigenvalue weighted by Gasteiger charge is 2.16. The summed E-state index contributed by atoms with van der Waals surface area (Å²) in [6, 6.07) is 14.4. The maximum absolute atomic E-state index is 12.1. The van der Waals surface area contributed by atoms with Crippen LogP contribution in [0.15, 0.2) is 54.7 Å². The molecule has 1 atom stereocenters. The molecule has 10 heteroatoms. The second-order valence-corrected chi connectivity index (χ2v) is 8.00. The maximum Gasteiger partial charge on any atom is 0.243 e. The second-order valence-electron chi connectivity index (χ2n) is 8.00. The summed E-state index contributed by atoms with van der Waals surface area (Å²) >= 11 is 0. The van der Waals surface area contributed by atoms with Crippen molar-refractivity contribution in [3.63, 3.8) is 0 Å². The van der Waals surface area contributed by atoms with Gasteiger partial charge in [0.1, 0.15) is 11.8 Å². The van der Waals surface area contributed by atoms with E-state index in [4.69, 9.17) is 19.9 Å². The molecule has 2 aromatic carbocycles. The van der Waals surface area contributed by atoms with E-state index in [1.807, 2.05) is 36.4 Å². The number of anilines is 4. The van der Waals surface area contributed by atoms with Gasteiger partial charge in [-0.2, -0.15) is 0 Å². The first-order chi connectivity index (χ1) is 17.1. The van der Waals surface area contributed by atoms with Crippen LogP contribution < -0.4 is 26.0 Å². The lowest BCUT2D eigenvalue weighted by Gasteiger charge is -2.30. The second kappa shape index (κ2) is 11.6. The lowest BCUT2D eigenvalue weighted by atomic mass is 10.1. The molecular formula is C25H30N6O4. The van der Waals surface area contributed by atoms with Gasteiger partial charge in [0.05, 0.1) is 38.3 Å². The molecule has 0 radical (unpaired) electrons. The Balaban J connectivity index is 1.45. The van der Waals surface area contributed by atoms with Gasteiger partial charge in [0, 0.05) is 49.4 Å². The molecule has 3 aromatic rings. The predicted molar refractivity (Wildman–Crippen MR) is 135 cm³/mol. The first kappa shape index (κ1) is 24.4. The van der Waals surface area contributed by atoms with Gasteiger partial charge in [0.2, 0.25) is 11.9 Å². The minimum Gasteiger partial charge on any atom is -0.495 e. The SMILES string of the molecule is COCC(N)C(=O)Nc1ccc(-c2ccnc(Nc3ccc(N4CCOCC4)c(OC)c3)n2)cc1. The standard InChI is InChI=1S/C25H30N6O4/c1-33-16-20(26)24(32)28-18-5-3-17(4-6-18)21-9-10-27-25(30-21)29-19-7-8-22(23(15-19)34-2)31-11-13-35-14-12-31/h3-10,15,20H,11-14,16,26H2,1-2H3,(H,28,32)(H,27,29,30). The molecule has 0 aliphatic carbocycles. The average molecular weight is 479 g/mol. The van der Waals surface area contributed by atoms with Crippen LogP contribution in [0.25, 0.3) is 11.3 Å². The van der Waals surface area contributed by atoms with Crippen LogP contribution in [0.1, 0.15) is 0 Å². The fourth-order valence-corrected chi connectivity index (χ4v) is 3.74. The molecule has 4 N–H and O–H groups in total. The summed E-state index contributed by atoms with van der Waals surface area (Å²) in [5.74, 6) is 0.936. The zero-order valence-electron chi connectivity index (χ0n) is 19.9. The molecule has 35 heavy (non-hydrogen) atoms. The molecule has 0 bridgehead atoms. The highest BCUT2D eigenvalue weighted by Crippen LogP contribution is 2.32. The molecule has 2 heterocycles. The van der Waals surface area contributed by atoms with Crippen molar-refractivity contribution in [3.05, 3.63) is 54.7 Å². The number of amides is 1. The number of hydrogen-bond donors (Lipinski definition) is 3. The summed E-state index contributed by atoms with van der Waals surface area (Å²) in [5, 5.41) is 6.03. The number of carbonyl (C=O) groups is 1. The molecule has 10 nitrogen and oxygen atoms in total. The molecule has 184 valence electrons. The van der Waals surface area contributed by atoms with E-state index in [1.54, 1.807) is 25.4 Å². The average Bonchev–Trinajstić information content (AvgIpc) is 2.90. The smallest absolute Gasteiger partial charge is 0.243 e. The fraction of sp³-hybridized carbons (Fsp3) is 0.320. The van der Waals surface area contributed by atoms with Gasteiger partial charge >= 0.3 is 0 Å². The van der Waals surface area contributed by atoms with Crippen LogP contribution in [0, 0.1) is 0 Å². The van der Waals surface area contributed by atoms with Crippen molar-refractivity contribution in [2.75, 3.05) is 62.7 Å². The van der Waals surface area contributed by atoms with Crippen LogP contribution in [-0.4, -0.2) is 69.0 Å². The lowest BCUT2D eigenvalue weighted by molar-refractivity contribution is -0.118. The monoisotopic (exact) mass is 478 g/mol. The molecule has 1 amide bonds. The van der Waals surface area contributed by atoms with Crippen molar-refractivity contribution >= 4 is 28.9 Å². The van der Waals surface area contributed by atoms with Crippen LogP contribution in [0.2, 0.25) is 0 Å². The van der Waals surface area contributed by atoms with Gasteiger partial charge in [-0.1, -0.05) is 12.1 Å². The van der Waals surface area contributed by atoms with E-state index in [0.29, 0.717) is 24.8 Å². The van der Waals surface area contributed by atoms with Gasteiger partial charge in [0.25, 0.3) is 0 Å². The van der Waals surface area contributed by atoms with Gasteiger partial charge in [-0.15, -0.1) is 0 Å². The van der Waals surface area contributed by atoms with E-state index in [9.17, 15) is 4.79 Å². The highest BCUT2D eigenvalue weighted by atomic mass is 16.5. The summed E-state index contributed by atoms with van der Waals surface area (Å²) in [5.41, 5.74) is 9.89. The largest absolute Gasteiger partial charge is 0.495 e. The highest BCUT2D eigenvalue weighted by molar-refractivity contribution is 5.95. The van der Waals surface area contributed by atoms with Gasteiger partial charge in [-0.05, 0) is 30.3 Å². The van der Waals surface area contributed by atoms with E-state index in [2.05, 4.69) is 25.5 Å². The molecule has 4 rings (SSSR count). The van der Waals surface area contributed by atoms with E-state index >= 15 is 0 Å². The first-order valence-electron chi connectivity index (χ1n) is 11.3. The first-order valence-corrected chi connectivity index (χ1v) is 11.3. The third-order valence-electron chi connectivity index (χ3n) is 5.57. The number of carbonyl (C=O) groups excluding carboxylic acids is 1. The molecule has 1 aliphatic heterocycles. The Morgan fingerprint density at radius 3 is 2.57 bits per heavy atom. The zero-order valence-corrected chi connectivity index (χ0v) is 19.9. The minimum absolute atomic E-state index is 0.155. The zero-order chi connectivity index (χ0) is 24.6. The van der Waals surface area contributed by atoms with Crippen molar-refractivity contribution in [1.29, 1.82) is 0 Å². The number of nitrogens with one attached hydrogen (secondary N) is 2. The third kappa shape index (κ3) is 6.24. The topological polar surface area (TPSA) is 124 Å². The van der Waals surface area contributed by atoms with Crippen molar-refractivity contribution in [3.8, 4) is 17.0 Å². The van der Waals surface area contributed by atoms with Gasteiger partial charge in [0.15, 0.2) is 0 Å². The fourth-order valence-electron chi connectivity index (χ4n) is 3.74. The van der Waals surface area contributed by atoms with Crippen LogP contribution in [0.5, 0.6) is 5.75 Å². The quantitative estimate of drug-likeness (QED) is 0.426. The van der Waals surface area contributed by atoms with Crippen LogP contribution in [0.4, 0.5) is 23.0 Å². The minimum atomic E-state index is -0.725. The van der Waals surface area contributed by atoms with Crippen LogP contribution in [0.3, 0.4) is 0 Å². The van der Waals surface area contributed by atoms with Crippen LogP contribution >= 0.6 is 0 Å². The molecule has 1 aromatic heterocycles. The van der Waals surface area contributed by atoms with Crippen molar-refractivity contribution in [1.82, 2.24) is 9.97 Å². The molecule has 1 saturated heterocycles. The van der Waals surface area contributed by atoms with Gasteiger partial charge in [-0.25, -0.2) is 9.97 Å². The Hall–Kier alpha value is -3.73. The van der Waals surface area contributed by atoms with Crippen molar-refractivity contribution in [2.45, 2.75) is 6.04 Å². The van der Waals surface area contributed by atoms with Gasteiger partial charge < -0.3 is 35.5 Å². The number of hydrogen-bond acceptors (Lipinski definition) is 9. The normalized spacial score (nSPS) is 14.3. The summed E-state index contributed by atoms with van der Waals surface area (Å²) in [7, 11) is 3.17. The molecule has 1 unspecified atom stereocenters. The van der Waals surface area contributed by atoms with Crippen LogP contribution in [-0.2, 0) is 14.3 Å². The number of aromatic nitrogens is 2. The maximum atomic E-state index is 12.1. The Morgan fingerprint density at radius 2 is 1.86 bits per heavy atom. The number of ether oxygens (including phenoxy) is 3.